The van der Waals surface area contributed by atoms with Crippen LogP contribution in [0.5, 0.6) is 0 Å². The normalized spacial score (nSPS) is 10.3. The number of rotatable bonds is 3. The maximum atomic E-state index is 13.4. The summed E-state index contributed by atoms with van der Waals surface area (Å²) in [5.74, 6) is -2.19. The zero-order valence-electron chi connectivity index (χ0n) is 9.79. The van der Waals surface area contributed by atoms with Gasteiger partial charge in [0.15, 0.2) is 0 Å². The van der Waals surface area contributed by atoms with Crippen molar-refractivity contribution in [2.75, 3.05) is 0 Å². The molecule has 0 aliphatic rings. The molecule has 0 aliphatic carbocycles. The fourth-order valence-corrected chi connectivity index (χ4v) is 1.68. The lowest BCUT2D eigenvalue weighted by Gasteiger charge is -2.06. The highest BCUT2D eigenvalue weighted by molar-refractivity contribution is 6.30. The Morgan fingerprint density at radius 1 is 1.11 bits per heavy atom. The predicted octanol–water partition coefficient (Wildman–Crippen LogP) is 3.55. The van der Waals surface area contributed by atoms with Crippen molar-refractivity contribution in [1.82, 2.24) is 5.32 Å². The molecule has 2 aromatic carbocycles. The molecule has 0 unspecified atom stereocenters. The summed E-state index contributed by atoms with van der Waals surface area (Å²) in [6.45, 7) is 0.243. The van der Waals surface area contributed by atoms with E-state index in [1.165, 1.54) is 0 Å². The molecule has 0 atom stereocenters. The number of halogens is 3. The van der Waals surface area contributed by atoms with Gasteiger partial charge in [-0.3, -0.25) is 4.79 Å². The van der Waals surface area contributed by atoms with Crippen LogP contribution in [-0.4, -0.2) is 5.91 Å². The molecular formula is C14H10ClF2NO. The third-order valence-electron chi connectivity index (χ3n) is 2.54. The van der Waals surface area contributed by atoms with Crippen LogP contribution in [0.1, 0.15) is 15.9 Å². The fraction of sp³-hybridized carbons (Fsp3) is 0.0714. The summed E-state index contributed by atoms with van der Waals surface area (Å²) in [5, 5.41) is 3.15. The fourth-order valence-electron chi connectivity index (χ4n) is 1.55. The number of carbonyl (C=O) groups excluding carboxylic acids is 1. The van der Waals surface area contributed by atoms with Crippen LogP contribution in [0.15, 0.2) is 42.5 Å². The van der Waals surface area contributed by atoms with Crippen LogP contribution in [0.3, 0.4) is 0 Å². The number of carbonyl (C=O) groups is 1. The lowest BCUT2D eigenvalue weighted by atomic mass is 10.2. The van der Waals surface area contributed by atoms with Crippen molar-refractivity contribution in [3.63, 3.8) is 0 Å². The van der Waals surface area contributed by atoms with Gasteiger partial charge in [0.1, 0.15) is 11.6 Å². The first kappa shape index (κ1) is 13.5. The van der Waals surface area contributed by atoms with E-state index in [1.54, 1.807) is 24.3 Å². The minimum atomic E-state index is -0.881. The first-order valence-electron chi connectivity index (χ1n) is 5.54. The summed E-state index contributed by atoms with van der Waals surface area (Å²) in [7, 11) is 0. The second-order valence-electron chi connectivity index (χ2n) is 3.93. The first-order valence-corrected chi connectivity index (χ1v) is 5.92. The predicted molar refractivity (Wildman–Crippen MR) is 69.0 cm³/mol. The summed E-state index contributed by atoms with van der Waals surface area (Å²) < 4.78 is 26.1. The Bertz CT molecular complexity index is 599. The summed E-state index contributed by atoms with van der Waals surface area (Å²) in [6, 6.07) is 9.73. The lowest BCUT2D eigenvalue weighted by molar-refractivity contribution is 0.0947. The third kappa shape index (κ3) is 3.51. The standard InChI is InChI=1S/C14H10ClF2NO/c15-10-3-1-9(2-4-10)8-18-14(19)12-6-5-11(16)7-13(12)17/h1-7H,8H2,(H,18,19). The number of hydrogen-bond donors (Lipinski definition) is 1. The van der Waals surface area contributed by atoms with Crippen molar-refractivity contribution in [2.24, 2.45) is 0 Å². The molecule has 0 fully saturated rings. The average Bonchev–Trinajstić information content (AvgIpc) is 2.37. The Labute approximate surface area is 114 Å². The van der Waals surface area contributed by atoms with Crippen molar-refractivity contribution in [2.45, 2.75) is 6.54 Å². The smallest absolute Gasteiger partial charge is 0.254 e. The minimum absolute atomic E-state index is 0.185. The molecule has 0 spiro atoms. The van der Waals surface area contributed by atoms with Crippen LogP contribution in [0.4, 0.5) is 8.78 Å². The topological polar surface area (TPSA) is 29.1 Å². The molecule has 2 rings (SSSR count). The van der Waals surface area contributed by atoms with E-state index < -0.39 is 17.5 Å². The zero-order chi connectivity index (χ0) is 13.8. The molecule has 5 heteroatoms. The largest absolute Gasteiger partial charge is 0.348 e. The van der Waals surface area contributed by atoms with Gasteiger partial charge in [0.25, 0.3) is 5.91 Å². The molecule has 0 radical (unpaired) electrons. The van der Waals surface area contributed by atoms with Gasteiger partial charge in [0.05, 0.1) is 5.56 Å². The van der Waals surface area contributed by atoms with E-state index in [2.05, 4.69) is 5.32 Å². The van der Waals surface area contributed by atoms with Gasteiger partial charge in [-0.15, -0.1) is 0 Å². The zero-order valence-corrected chi connectivity index (χ0v) is 10.5. The Kier molecular flexibility index (Phi) is 4.12. The van der Waals surface area contributed by atoms with Crippen LogP contribution in [0.2, 0.25) is 5.02 Å². The van der Waals surface area contributed by atoms with Crippen LogP contribution in [0, 0.1) is 11.6 Å². The molecule has 0 heterocycles. The summed E-state index contributed by atoms with van der Waals surface area (Å²) in [4.78, 5) is 11.7. The highest BCUT2D eigenvalue weighted by Crippen LogP contribution is 2.11. The molecule has 19 heavy (non-hydrogen) atoms. The van der Waals surface area contributed by atoms with Gasteiger partial charge in [0.2, 0.25) is 0 Å². The van der Waals surface area contributed by atoms with E-state index in [4.69, 9.17) is 11.6 Å². The van der Waals surface area contributed by atoms with Crippen LogP contribution < -0.4 is 5.32 Å². The Morgan fingerprint density at radius 3 is 2.42 bits per heavy atom. The van der Waals surface area contributed by atoms with Crippen molar-refractivity contribution in [3.05, 3.63) is 70.2 Å². The number of benzene rings is 2. The van der Waals surface area contributed by atoms with E-state index in [0.29, 0.717) is 11.1 Å². The van der Waals surface area contributed by atoms with Crippen LogP contribution in [-0.2, 0) is 6.54 Å². The molecule has 0 bridgehead atoms. The Morgan fingerprint density at radius 2 is 1.79 bits per heavy atom. The van der Waals surface area contributed by atoms with Gasteiger partial charge < -0.3 is 5.32 Å². The molecular weight excluding hydrogens is 272 g/mol. The maximum Gasteiger partial charge on any atom is 0.254 e. The van der Waals surface area contributed by atoms with E-state index in [-0.39, 0.29) is 12.1 Å². The Balaban J connectivity index is 2.03. The van der Waals surface area contributed by atoms with Gasteiger partial charge in [-0.1, -0.05) is 23.7 Å². The second kappa shape index (κ2) is 5.80. The van der Waals surface area contributed by atoms with E-state index in [0.717, 1.165) is 17.7 Å². The molecule has 2 nitrogen and oxygen atoms in total. The van der Waals surface area contributed by atoms with Crippen molar-refractivity contribution in [3.8, 4) is 0 Å². The minimum Gasteiger partial charge on any atom is -0.348 e. The summed E-state index contributed by atoms with van der Waals surface area (Å²) >= 11 is 5.73. The first-order chi connectivity index (χ1) is 9.06. The van der Waals surface area contributed by atoms with Gasteiger partial charge in [-0.2, -0.15) is 0 Å². The molecule has 1 N–H and O–H groups in total. The number of amides is 1. The monoisotopic (exact) mass is 281 g/mol. The number of hydrogen-bond acceptors (Lipinski definition) is 1. The van der Waals surface area contributed by atoms with Gasteiger partial charge in [0, 0.05) is 17.6 Å². The summed E-state index contributed by atoms with van der Waals surface area (Å²) in [6.07, 6.45) is 0. The van der Waals surface area contributed by atoms with Crippen LogP contribution in [0.25, 0.3) is 0 Å². The molecule has 1 amide bonds. The highest BCUT2D eigenvalue weighted by atomic mass is 35.5. The molecule has 98 valence electrons. The van der Waals surface area contributed by atoms with Gasteiger partial charge in [-0.25, -0.2) is 8.78 Å². The number of nitrogens with one attached hydrogen (secondary N) is 1. The van der Waals surface area contributed by atoms with Crippen molar-refractivity contribution < 1.29 is 13.6 Å². The highest BCUT2D eigenvalue weighted by Gasteiger charge is 2.11. The van der Waals surface area contributed by atoms with E-state index >= 15 is 0 Å². The summed E-state index contributed by atoms with van der Waals surface area (Å²) in [5.41, 5.74) is 0.649. The Hall–Kier alpha value is -1.94. The van der Waals surface area contributed by atoms with Gasteiger partial charge in [-0.05, 0) is 29.8 Å². The molecule has 2 aromatic rings. The quantitative estimate of drug-likeness (QED) is 0.916. The SMILES string of the molecule is O=C(NCc1ccc(Cl)cc1)c1ccc(F)cc1F. The lowest BCUT2D eigenvalue weighted by Crippen LogP contribution is -2.23. The van der Waals surface area contributed by atoms with Crippen LogP contribution >= 0.6 is 11.6 Å². The van der Waals surface area contributed by atoms with E-state index in [9.17, 15) is 13.6 Å². The maximum absolute atomic E-state index is 13.4. The van der Waals surface area contributed by atoms with E-state index in [1.807, 2.05) is 0 Å². The van der Waals surface area contributed by atoms with Crippen molar-refractivity contribution in [1.29, 1.82) is 0 Å². The third-order valence-corrected chi connectivity index (χ3v) is 2.79. The average molecular weight is 282 g/mol. The van der Waals surface area contributed by atoms with Crippen molar-refractivity contribution >= 4 is 17.5 Å². The second-order valence-corrected chi connectivity index (χ2v) is 4.37. The molecule has 0 aliphatic heterocycles. The van der Waals surface area contributed by atoms with Gasteiger partial charge >= 0.3 is 0 Å². The molecule has 0 aromatic heterocycles. The molecule has 0 saturated heterocycles. The molecule has 0 saturated carbocycles.